The summed E-state index contributed by atoms with van der Waals surface area (Å²) in [7, 11) is -7.49. The fourth-order valence-electron chi connectivity index (χ4n) is 17.4. The fraction of sp³-hybridized carbons (Fsp3) is 0. The Morgan fingerprint density at radius 2 is 0.339 bits per heavy atom. The van der Waals surface area contributed by atoms with Crippen LogP contribution in [-0.4, -0.2) is 40.2 Å². The lowest BCUT2D eigenvalue weighted by Gasteiger charge is -2.39. The van der Waals surface area contributed by atoms with Crippen LogP contribution >= 0.6 is 0 Å². The van der Waals surface area contributed by atoms with Gasteiger partial charge in [0, 0.05) is 27.1 Å². The molecule has 5 nitrogen and oxygen atoms in total. The maximum absolute atomic E-state index is 6.03. The minimum absolute atomic E-state index is 0.507. The van der Waals surface area contributed by atoms with Crippen LogP contribution in [0.4, 0.5) is 0 Å². The molecule has 0 radical (unpaired) electrons. The number of nitrogens with zero attached hydrogens (tertiary/aromatic N) is 5. The number of hydrogen-bond acceptors (Lipinski definition) is 3. The van der Waals surface area contributed by atoms with Crippen molar-refractivity contribution in [2.75, 3.05) is 0 Å². The van der Waals surface area contributed by atoms with Crippen LogP contribution in [-0.2, 0) is 0 Å². The SMILES string of the molecule is c1ccc(-c2ccc([Si](c3ccc(-c4ccccc4)cc3)(c3ccc(-c4ccccc4)cc3)c3cc(-c4nc(-n5c6ccccc6c6ccccc65)nc(-n5c6ccccc6c6ccccc65)n4)cc([Si](c4ccc(-c5ccccc5)cc4)(c4ccc(-c5ccccc5)cc4)c4ccc(-c5ccccc5)cc4)c3)cc2)cc1. The van der Waals surface area contributed by atoms with Crippen LogP contribution < -0.4 is 41.5 Å². The van der Waals surface area contributed by atoms with Crippen molar-refractivity contribution in [1.82, 2.24) is 24.1 Å². The topological polar surface area (TPSA) is 48.5 Å². The van der Waals surface area contributed by atoms with E-state index in [1.165, 1.54) is 41.5 Å². The van der Waals surface area contributed by atoms with Crippen molar-refractivity contribution in [1.29, 1.82) is 0 Å². The maximum Gasteiger partial charge on any atom is 0.240 e. The van der Waals surface area contributed by atoms with E-state index in [0.717, 1.165) is 116 Å². The number of para-hydroxylation sites is 4. The third-order valence-electron chi connectivity index (χ3n) is 22.8. The van der Waals surface area contributed by atoms with Gasteiger partial charge in [0.1, 0.15) is 0 Å². The van der Waals surface area contributed by atoms with Gasteiger partial charge in [-0.25, -0.2) is 0 Å². The first-order chi connectivity index (χ1) is 55.5. The average molecular weight is 1460 g/mol. The molecule has 0 bridgehead atoms. The van der Waals surface area contributed by atoms with Gasteiger partial charge in [-0.05, 0) is 133 Å². The molecule has 112 heavy (non-hydrogen) atoms. The molecule has 0 aliphatic carbocycles. The van der Waals surface area contributed by atoms with Gasteiger partial charge in [0.2, 0.25) is 11.9 Å². The van der Waals surface area contributed by atoms with E-state index in [1.807, 2.05) is 0 Å². The first-order valence-electron chi connectivity index (χ1n) is 38.4. The number of hydrogen-bond donors (Lipinski definition) is 0. The first kappa shape index (κ1) is 67.2. The van der Waals surface area contributed by atoms with Crippen LogP contribution in [0, 0.1) is 0 Å². The van der Waals surface area contributed by atoms with Crippen LogP contribution in [0.5, 0.6) is 0 Å². The van der Waals surface area contributed by atoms with Crippen LogP contribution in [0.2, 0.25) is 0 Å². The second kappa shape index (κ2) is 28.7. The second-order valence-corrected chi connectivity index (χ2v) is 36.6. The smallest absolute Gasteiger partial charge is 0.240 e. The monoisotopic (exact) mass is 1460 g/mol. The average Bonchev–Trinajstić information content (AvgIpc) is 0.904. The zero-order valence-corrected chi connectivity index (χ0v) is 63.4. The summed E-state index contributed by atoms with van der Waals surface area (Å²) in [5, 5.41) is 14.1. The molecule has 0 fully saturated rings. The number of benzene rings is 17. The highest BCUT2D eigenvalue weighted by molar-refractivity contribution is 7.22. The highest BCUT2D eigenvalue weighted by atomic mass is 28.3. The van der Waals surface area contributed by atoms with Crippen molar-refractivity contribution in [2.45, 2.75) is 0 Å². The van der Waals surface area contributed by atoms with E-state index in [4.69, 9.17) is 15.0 Å². The van der Waals surface area contributed by atoms with Crippen molar-refractivity contribution in [2.24, 2.45) is 0 Å². The zero-order chi connectivity index (χ0) is 74.4. The van der Waals surface area contributed by atoms with Gasteiger partial charge in [-0.15, -0.1) is 0 Å². The summed E-state index contributed by atoms with van der Waals surface area (Å²) in [6.07, 6.45) is 0. The van der Waals surface area contributed by atoms with Gasteiger partial charge in [0.25, 0.3) is 0 Å². The minimum atomic E-state index is -3.75. The Morgan fingerprint density at radius 1 is 0.152 bits per heavy atom. The maximum atomic E-state index is 6.03. The van der Waals surface area contributed by atoms with Crippen molar-refractivity contribution in [3.05, 3.63) is 443 Å². The van der Waals surface area contributed by atoms with Crippen LogP contribution in [0.1, 0.15) is 0 Å². The first-order valence-corrected chi connectivity index (χ1v) is 42.4. The summed E-state index contributed by atoms with van der Waals surface area (Å²) >= 11 is 0. The summed E-state index contributed by atoms with van der Waals surface area (Å²) in [6, 6.07) is 165. The predicted molar refractivity (Wildman–Crippen MR) is 474 cm³/mol. The van der Waals surface area contributed by atoms with Crippen LogP contribution in [0.3, 0.4) is 0 Å². The van der Waals surface area contributed by atoms with Crippen molar-refractivity contribution in [3.8, 4) is 90.0 Å². The molecule has 0 spiro atoms. The number of rotatable bonds is 17. The Hall–Kier alpha value is -14.2. The highest BCUT2D eigenvalue weighted by Gasteiger charge is 2.47. The third kappa shape index (κ3) is 11.8. The largest absolute Gasteiger partial charge is 0.278 e. The number of aromatic nitrogens is 5. The molecule has 20 aromatic rings. The molecule has 0 aliphatic heterocycles. The van der Waals surface area contributed by atoms with Gasteiger partial charge in [-0.2, -0.15) is 15.0 Å². The zero-order valence-electron chi connectivity index (χ0n) is 61.4. The lowest BCUT2D eigenvalue weighted by Crippen LogP contribution is -2.78. The van der Waals surface area contributed by atoms with E-state index < -0.39 is 16.1 Å². The summed E-state index contributed by atoms with van der Waals surface area (Å²) in [5.74, 6) is 1.55. The van der Waals surface area contributed by atoms with Crippen molar-refractivity contribution >= 4 is 101 Å². The molecule has 0 saturated heterocycles. The van der Waals surface area contributed by atoms with Gasteiger partial charge in [-0.1, -0.05) is 419 Å². The summed E-state index contributed by atoms with van der Waals surface area (Å²) in [4.78, 5) is 17.8. The van der Waals surface area contributed by atoms with E-state index in [0.29, 0.717) is 17.7 Å². The molecule has 17 aromatic carbocycles. The van der Waals surface area contributed by atoms with E-state index >= 15 is 0 Å². The van der Waals surface area contributed by atoms with Gasteiger partial charge >= 0.3 is 0 Å². The standard InChI is InChI=1S/C105H73N5Si2/c1-7-27-74(28-8-1)80-47-59-87(60-48-80)111(88-61-49-81(50-62-88)75-29-9-2-10-30-75,89-63-51-82(52-64-89)76-31-11-3-12-32-76)93-71-86(103-106-104(109-99-43-23-19-39-95(99)96-40-20-24-44-100(96)109)108-105(107-103)110-101-45-25-21-41-97(101)98-42-22-26-46-102(98)110)72-94(73-93)112(90-65-53-83(54-66-90)77-33-13-4-14-34-77,91-67-55-84(56-68-91)78-35-15-5-16-36-78)92-69-57-85(58-70-92)79-37-17-6-18-38-79/h1-73H. The lowest BCUT2D eigenvalue weighted by atomic mass is 10.1. The Kier molecular flexibility index (Phi) is 17.2. The molecular weight excluding hydrogens is 1390 g/mol. The van der Waals surface area contributed by atoms with E-state index in [1.54, 1.807) is 0 Å². The van der Waals surface area contributed by atoms with Crippen LogP contribution in [0.15, 0.2) is 443 Å². The van der Waals surface area contributed by atoms with Gasteiger partial charge < -0.3 is 0 Å². The molecule has 3 aromatic heterocycles. The Morgan fingerprint density at radius 3 is 0.554 bits per heavy atom. The quantitative estimate of drug-likeness (QED) is 0.0674. The molecule has 526 valence electrons. The molecule has 20 rings (SSSR count). The molecule has 0 atom stereocenters. The Bertz CT molecular complexity index is 5860. The van der Waals surface area contributed by atoms with E-state index in [-0.39, 0.29) is 0 Å². The molecule has 0 amide bonds. The molecule has 0 unspecified atom stereocenters. The van der Waals surface area contributed by atoms with Gasteiger partial charge in [0.05, 0.1) is 22.1 Å². The molecule has 3 heterocycles. The minimum Gasteiger partial charge on any atom is -0.278 e. The van der Waals surface area contributed by atoms with E-state index in [9.17, 15) is 0 Å². The molecular formula is C105H73N5Si2. The Balaban J connectivity index is 0.964. The van der Waals surface area contributed by atoms with Gasteiger partial charge in [0.15, 0.2) is 22.0 Å². The Labute approximate surface area is 653 Å². The lowest BCUT2D eigenvalue weighted by molar-refractivity contribution is 0.893. The summed E-state index contributed by atoms with van der Waals surface area (Å²) < 4.78 is 4.51. The van der Waals surface area contributed by atoms with Crippen molar-refractivity contribution < 1.29 is 0 Å². The molecule has 7 heteroatoms. The molecule has 0 saturated carbocycles. The summed E-state index contributed by atoms with van der Waals surface area (Å²) in [6.45, 7) is 0. The summed E-state index contributed by atoms with van der Waals surface area (Å²) in [5.41, 5.74) is 18.6. The molecule has 0 N–H and O–H groups in total. The normalized spacial score (nSPS) is 11.8. The van der Waals surface area contributed by atoms with E-state index in [2.05, 4.69) is 452 Å². The fourth-order valence-corrected chi connectivity index (χ4v) is 27.0. The highest BCUT2D eigenvalue weighted by Crippen LogP contribution is 2.36. The van der Waals surface area contributed by atoms with Crippen molar-refractivity contribution in [3.63, 3.8) is 0 Å². The molecule has 0 aliphatic rings. The second-order valence-electron chi connectivity index (χ2n) is 29.0. The number of fused-ring (bicyclic) bond motifs is 6. The van der Waals surface area contributed by atoms with Gasteiger partial charge in [-0.3, -0.25) is 9.13 Å². The predicted octanol–water partition coefficient (Wildman–Crippen LogP) is 20.5. The van der Waals surface area contributed by atoms with Crippen LogP contribution in [0.25, 0.3) is 134 Å². The third-order valence-corrected chi connectivity index (χ3v) is 32.3.